The van der Waals surface area contributed by atoms with Crippen LogP contribution in [0.15, 0.2) is 73.1 Å². The van der Waals surface area contributed by atoms with Gasteiger partial charge in [-0.25, -0.2) is 4.68 Å². The van der Waals surface area contributed by atoms with E-state index in [0.29, 0.717) is 15.8 Å². The maximum absolute atomic E-state index is 13.5. The summed E-state index contributed by atoms with van der Waals surface area (Å²) in [6.07, 6.45) is -1.73. The lowest BCUT2D eigenvalue weighted by atomic mass is 10.2. The number of nitrogens with one attached hydrogen (secondary N) is 1. The number of nitrogens with zero attached hydrogens (tertiary/aromatic N) is 5. The number of halogens is 3. The van der Waals surface area contributed by atoms with Gasteiger partial charge in [0, 0.05) is 23.5 Å². The van der Waals surface area contributed by atoms with Gasteiger partial charge in [-0.2, -0.15) is 18.3 Å². The van der Waals surface area contributed by atoms with Gasteiger partial charge in [-0.15, -0.1) is 10.2 Å². The highest BCUT2D eigenvalue weighted by molar-refractivity contribution is 6.03. The molecule has 4 aromatic rings. The number of carbonyl (C=O) groups is 1. The molecule has 0 bridgehead atoms. The van der Waals surface area contributed by atoms with Crippen molar-refractivity contribution >= 4 is 11.7 Å². The van der Waals surface area contributed by atoms with E-state index in [1.165, 1.54) is 24.5 Å². The van der Waals surface area contributed by atoms with Gasteiger partial charge in [0.2, 0.25) is 0 Å². The highest BCUT2D eigenvalue weighted by Crippen LogP contribution is 2.33. The average Bonchev–Trinajstić information content (AvgIpc) is 3.22. The first-order valence-corrected chi connectivity index (χ1v) is 8.70. The summed E-state index contributed by atoms with van der Waals surface area (Å²) in [4.78, 5) is 16.1. The van der Waals surface area contributed by atoms with Gasteiger partial charge < -0.3 is 5.32 Å². The van der Waals surface area contributed by atoms with Crippen molar-refractivity contribution in [1.29, 1.82) is 0 Å². The smallest absolute Gasteiger partial charge is 0.305 e. The Morgan fingerprint density at radius 3 is 2.40 bits per heavy atom. The van der Waals surface area contributed by atoms with E-state index in [1.54, 1.807) is 42.5 Å². The predicted octanol–water partition coefficient (Wildman–Crippen LogP) is 4.00. The molecule has 3 aromatic heterocycles. The van der Waals surface area contributed by atoms with E-state index in [2.05, 4.69) is 25.6 Å². The molecule has 0 saturated carbocycles. The minimum absolute atomic E-state index is 0.0960. The van der Waals surface area contributed by atoms with E-state index < -0.39 is 17.8 Å². The lowest BCUT2D eigenvalue weighted by Gasteiger charge is -2.09. The van der Waals surface area contributed by atoms with Crippen LogP contribution in [0, 0.1) is 0 Å². The Bertz CT molecular complexity index is 1160. The summed E-state index contributed by atoms with van der Waals surface area (Å²) in [7, 11) is 0. The monoisotopic (exact) mass is 410 g/mol. The van der Waals surface area contributed by atoms with Crippen LogP contribution in [0.1, 0.15) is 16.1 Å². The van der Waals surface area contributed by atoms with Crippen molar-refractivity contribution in [3.63, 3.8) is 0 Å². The SMILES string of the molecule is O=C(Nc1ccc(-n2nc(-c3cccnc3)cc2C(F)(F)F)nn1)c1ccccc1. The van der Waals surface area contributed by atoms with Crippen LogP contribution in [0.3, 0.4) is 0 Å². The number of hydrogen-bond donors (Lipinski definition) is 1. The van der Waals surface area contributed by atoms with E-state index in [9.17, 15) is 18.0 Å². The zero-order valence-electron chi connectivity index (χ0n) is 15.2. The molecule has 1 N–H and O–H groups in total. The van der Waals surface area contributed by atoms with Crippen molar-refractivity contribution in [2.24, 2.45) is 0 Å². The fraction of sp³-hybridized carbons (Fsp3) is 0.0500. The van der Waals surface area contributed by atoms with Crippen molar-refractivity contribution in [3.8, 4) is 17.1 Å². The van der Waals surface area contributed by atoms with Crippen molar-refractivity contribution < 1.29 is 18.0 Å². The molecule has 0 spiro atoms. The average molecular weight is 410 g/mol. The molecule has 0 unspecified atom stereocenters. The van der Waals surface area contributed by atoms with E-state index in [4.69, 9.17) is 0 Å². The second-order valence-electron chi connectivity index (χ2n) is 6.16. The minimum atomic E-state index is -4.66. The Morgan fingerprint density at radius 2 is 1.77 bits per heavy atom. The maximum Gasteiger partial charge on any atom is 0.433 e. The summed E-state index contributed by atoms with van der Waals surface area (Å²) in [6.45, 7) is 0. The van der Waals surface area contributed by atoms with Gasteiger partial charge in [-0.1, -0.05) is 18.2 Å². The van der Waals surface area contributed by atoms with Crippen LogP contribution in [-0.2, 0) is 6.18 Å². The summed E-state index contributed by atoms with van der Waals surface area (Å²) < 4.78 is 41.2. The minimum Gasteiger partial charge on any atom is -0.305 e. The number of anilines is 1. The predicted molar refractivity (Wildman–Crippen MR) is 102 cm³/mol. The van der Waals surface area contributed by atoms with Gasteiger partial charge in [0.05, 0.1) is 5.69 Å². The molecule has 30 heavy (non-hydrogen) atoms. The second kappa shape index (κ2) is 7.74. The molecule has 150 valence electrons. The zero-order valence-corrected chi connectivity index (χ0v) is 15.2. The maximum atomic E-state index is 13.5. The highest BCUT2D eigenvalue weighted by Gasteiger charge is 2.37. The van der Waals surface area contributed by atoms with Crippen molar-refractivity contribution in [2.45, 2.75) is 6.18 Å². The largest absolute Gasteiger partial charge is 0.433 e. The van der Waals surface area contributed by atoms with E-state index in [-0.39, 0.29) is 17.3 Å². The van der Waals surface area contributed by atoms with E-state index >= 15 is 0 Å². The Kier molecular flexibility index (Phi) is 4.97. The van der Waals surface area contributed by atoms with Crippen LogP contribution in [0.4, 0.5) is 19.0 Å². The number of hydrogen-bond acceptors (Lipinski definition) is 5. The van der Waals surface area contributed by atoms with Gasteiger partial charge in [0.15, 0.2) is 17.3 Å². The molecule has 7 nitrogen and oxygen atoms in total. The summed E-state index contributed by atoms with van der Waals surface area (Å²) in [5.41, 5.74) is -0.0622. The number of amides is 1. The summed E-state index contributed by atoms with van der Waals surface area (Å²) in [5.74, 6) is -0.456. The number of aromatic nitrogens is 5. The topological polar surface area (TPSA) is 85.6 Å². The molecule has 1 aromatic carbocycles. The van der Waals surface area contributed by atoms with Crippen LogP contribution in [-0.4, -0.2) is 30.9 Å². The molecule has 0 radical (unpaired) electrons. The third kappa shape index (κ3) is 4.02. The van der Waals surface area contributed by atoms with Gasteiger partial charge in [0.1, 0.15) is 0 Å². The normalized spacial score (nSPS) is 11.3. The van der Waals surface area contributed by atoms with Gasteiger partial charge in [-0.3, -0.25) is 9.78 Å². The first kappa shape index (κ1) is 19.2. The van der Waals surface area contributed by atoms with Crippen LogP contribution < -0.4 is 5.32 Å². The van der Waals surface area contributed by atoms with Gasteiger partial charge in [-0.05, 0) is 42.5 Å². The Morgan fingerprint density at radius 1 is 0.967 bits per heavy atom. The molecule has 0 fully saturated rings. The van der Waals surface area contributed by atoms with Crippen LogP contribution in [0.2, 0.25) is 0 Å². The number of alkyl halides is 3. The van der Waals surface area contributed by atoms with Crippen molar-refractivity contribution in [3.05, 3.63) is 84.3 Å². The molecule has 0 saturated heterocycles. The van der Waals surface area contributed by atoms with E-state index in [0.717, 1.165) is 6.07 Å². The first-order valence-electron chi connectivity index (χ1n) is 8.70. The van der Waals surface area contributed by atoms with Crippen LogP contribution in [0.25, 0.3) is 17.1 Å². The number of rotatable bonds is 4. The molecule has 0 aliphatic heterocycles. The first-order chi connectivity index (χ1) is 14.4. The summed E-state index contributed by atoms with van der Waals surface area (Å²) >= 11 is 0. The van der Waals surface area contributed by atoms with Gasteiger partial charge in [0.25, 0.3) is 5.91 Å². The molecule has 0 atom stereocenters. The molecule has 0 aliphatic carbocycles. The molecular weight excluding hydrogens is 397 g/mol. The number of carbonyl (C=O) groups excluding carboxylic acids is 1. The van der Waals surface area contributed by atoms with Crippen molar-refractivity contribution in [2.75, 3.05) is 5.32 Å². The third-order valence-corrected chi connectivity index (χ3v) is 4.10. The molecule has 3 heterocycles. The quantitative estimate of drug-likeness (QED) is 0.550. The van der Waals surface area contributed by atoms with Crippen LogP contribution >= 0.6 is 0 Å². The molecule has 4 rings (SSSR count). The number of pyridine rings is 1. The summed E-state index contributed by atoms with van der Waals surface area (Å²) in [6, 6.07) is 15.2. The molecular formula is C20H13F3N6O. The summed E-state index contributed by atoms with van der Waals surface area (Å²) in [5, 5.41) is 14.2. The second-order valence-corrected chi connectivity index (χ2v) is 6.16. The molecule has 1 amide bonds. The Balaban J connectivity index is 1.64. The zero-order chi connectivity index (χ0) is 21.1. The Labute approximate surface area is 168 Å². The van der Waals surface area contributed by atoms with Crippen LogP contribution in [0.5, 0.6) is 0 Å². The fourth-order valence-corrected chi connectivity index (χ4v) is 2.70. The third-order valence-electron chi connectivity index (χ3n) is 4.10. The lowest BCUT2D eigenvalue weighted by Crippen LogP contribution is -2.16. The van der Waals surface area contributed by atoms with Crippen molar-refractivity contribution in [1.82, 2.24) is 25.0 Å². The molecule has 10 heteroatoms. The Hall–Kier alpha value is -4.08. The molecule has 0 aliphatic rings. The standard InChI is InChI=1S/C20H13F3N6O/c21-20(22,23)16-11-15(14-7-4-10-24-12-14)28-29(16)18-9-8-17(26-27-18)25-19(30)13-5-2-1-3-6-13/h1-12H,(H,25,26,30). The fourth-order valence-electron chi connectivity index (χ4n) is 2.70. The highest BCUT2D eigenvalue weighted by atomic mass is 19.4. The van der Waals surface area contributed by atoms with Gasteiger partial charge >= 0.3 is 6.18 Å². The lowest BCUT2D eigenvalue weighted by molar-refractivity contribution is -0.142. The number of benzene rings is 1. The van der Waals surface area contributed by atoms with E-state index in [1.807, 2.05) is 0 Å².